The van der Waals surface area contributed by atoms with Crippen LogP contribution in [0, 0.1) is 0 Å². The number of halogens is 3. The zero-order chi connectivity index (χ0) is 18.9. The highest BCUT2D eigenvalue weighted by Crippen LogP contribution is 2.38. The molecule has 2 aliphatic heterocycles. The Labute approximate surface area is 150 Å². The molecule has 2 aliphatic rings. The number of carbonyl (C=O) groups is 1. The van der Waals surface area contributed by atoms with Crippen LogP contribution in [0.25, 0.3) is 0 Å². The zero-order valence-electron chi connectivity index (χ0n) is 14.6. The Morgan fingerprint density at radius 1 is 1.38 bits per heavy atom. The molecule has 26 heavy (non-hydrogen) atoms. The number of amides is 1. The number of likely N-dealkylation sites (tertiary alicyclic amines) is 1. The maximum atomic E-state index is 12.6. The quantitative estimate of drug-likeness (QED) is 0.867. The van der Waals surface area contributed by atoms with Crippen molar-refractivity contribution in [1.82, 2.24) is 9.88 Å². The number of aromatic nitrogens is 1. The SMILES string of the molecule is CC[C@H]1C[C@@H](O)CC2(CCN(C(=O)c3ccc(C(F)(F)F)nc3)CC2)O1. The Kier molecular flexibility index (Phi) is 5.25. The maximum Gasteiger partial charge on any atom is 0.433 e. The van der Waals surface area contributed by atoms with Crippen LogP contribution >= 0.6 is 0 Å². The third-order valence-electron chi connectivity index (χ3n) is 5.28. The Morgan fingerprint density at radius 2 is 2.08 bits per heavy atom. The zero-order valence-corrected chi connectivity index (χ0v) is 14.6. The highest BCUT2D eigenvalue weighted by atomic mass is 19.4. The van der Waals surface area contributed by atoms with E-state index in [4.69, 9.17) is 4.74 Å². The lowest BCUT2D eigenvalue weighted by molar-refractivity contribution is -0.179. The summed E-state index contributed by atoms with van der Waals surface area (Å²) < 4.78 is 43.9. The molecule has 1 spiro atoms. The predicted octanol–water partition coefficient (Wildman–Crippen LogP) is 3.03. The smallest absolute Gasteiger partial charge is 0.393 e. The Hall–Kier alpha value is -1.67. The molecule has 3 rings (SSSR count). The van der Waals surface area contributed by atoms with Crippen LogP contribution in [0.2, 0.25) is 0 Å². The molecule has 0 aliphatic carbocycles. The van der Waals surface area contributed by atoms with Crippen LogP contribution in [0.15, 0.2) is 18.3 Å². The van der Waals surface area contributed by atoms with E-state index in [1.54, 1.807) is 4.90 Å². The van der Waals surface area contributed by atoms with Gasteiger partial charge >= 0.3 is 6.18 Å². The predicted molar refractivity (Wildman–Crippen MR) is 87.5 cm³/mol. The molecule has 1 aromatic heterocycles. The highest BCUT2D eigenvalue weighted by Gasteiger charge is 2.43. The van der Waals surface area contributed by atoms with Crippen molar-refractivity contribution in [3.63, 3.8) is 0 Å². The standard InChI is InChI=1S/C18H23F3N2O3/c1-2-14-9-13(24)10-17(26-14)5-7-23(8-6-17)16(25)12-3-4-15(22-11-12)18(19,20)21/h3-4,11,13-14,24H,2,5-10H2,1H3/t13-,14+/m1/s1. The van der Waals surface area contributed by atoms with Crippen molar-refractivity contribution in [1.29, 1.82) is 0 Å². The number of pyridine rings is 1. The monoisotopic (exact) mass is 372 g/mol. The van der Waals surface area contributed by atoms with Crippen LogP contribution in [0.5, 0.6) is 0 Å². The van der Waals surface area contributed by atoms with E-state index in [1.807, 2.05) is 6.92 Å². The fourth-order valence-corrected chi connectivity index (χ4v) is 3.83. The van der Waals surface area contributed by atoms with Crippen LogP contribution < -0.4 is 0 Å². The molecule has 5 nitrogen and oxygen atoms in total. The minimum atomic E-state index is -4.52. The number of alkyl halides is 3. The van der Waals surface area contributed by atoms with Gasteiger partial charge in [0.15, 0.2) is 0 Å². The van der Waals surface area contributed by atoms with E-state index in [-0.39, 0.29) is 17.6 Å². The molecule has 2 atom stereocenters. The number of rotatable bonds is 2. The van der Waals surface area contributed by atoms with E-state index >= 15 is 0 Å². The molecular weight excluding hydrogens is 349 g/mol. The molecule has 2 fully saturated rings. The summed E-state index contributed by atoms with van der Waals surface area (Å²) >= 11 is 0. The molecule has 144 valence electrons. The van der Waals surface area contributed by atoms with Gasteiger partial charge in [0.1, 0.15) is 5.69 Å². The van der Waals surface area contributed by atoms with E-state index in [1.165, 1.54) is 0 Å². The van der Waals surface area contributed by atoms with Crippen LogP contribution in [-0.2, 0) is 10.9 Å². The van der Waals surface area contributed by atoms with E-state index in [0.717, 1.165) is 24.8 Å². The fourth-order valence-electron chi connectivity index (χ4n) is 3.83. The van der Waals surface area contributed by atoms with Crippen LogP contribution in [-0.4, -0.2) is 51.8 Å². The van der Waals surface area contributed by atoms with Gasteiger partial charge in [0, 0.05) is 25.7 Å². The van der Waals surface area contributed by atoms with Gasteiger partial charge in [-0.3, -0.25) is 9.78 Å². The van der Waals surface area contributed by atoms with Gasteiger partial charge in [-0.05, 0) is 37.8 Å². The van der Waals surface area contributed by atoms with Crippen molar-refractivity contribution in [3.8, 4) is 0 Å². The normalized spacial score (nSPS) is 26.1. The molecule has 1 amide bonds. The van der Waals surface area contributed by atoms with E-state index < -0.39 is 23.6 Å². The molecule has 0 radical (unpaired) electrons. The molecule has 0 bridgehead atoms. The van der Waals surface area contributed by atoms with E-state index in [0.29, 0.717) is 38.8 Å². The fraction of sp³-hybridized carbons (Fsp3) is 0.667. The first-order chi connectivity index (χ1) is 12.2. The molecule has 0 unspecified atom stereocenters. The Bertz CT molecular complexity index is 640. The number of nitrogens with zero attached hydrogens (tertiary/aromatic N) is 2. The van der Waals surface area contributed by atoms with Gasteiger partial charge in [0.25, 0.3) is 5.91 Å². The summed E-state index contributed by atoms with van der Waals surface area (Å²) in [5.41, 5.74) is -1.28. The molecule has 2 saturated heterocycles. The number of ether oxygens (including phenoxy) is 1. The van der Waals surface area contributed by atoms with Gasteiger partial charge in [-0.15, -0.1) is 0 Å². The van der Waals surface area contributed by atoms with Gasteiger partial charge in [-0.1, -0.05) is 6.92 Å². The molecule has 0 saturated carbocycles. The maximum absolute atomic E-state index is 12.6. The third-order valence-corrected chi connectivity index (χ3v) is 5.28. The van der Waals surface area contributed by atoms with Crippen molar-refractivity contribution in [3.05, 3.63) is 29.6 Å². The molecule has 0 aromatic carbocycles. The summed E-state index contributed by atoms with van der Waals surface area (Å²) in [7, 11) is 0. The second kappa shape index (κ2) is 7.15. The second-order valence-electron chi connectivity index (χ2n) is 7.15. The number of aliphatic hydroxyl groups is 1. The largest absolute Gasteiger partial charge is 0.433 e. The number of carbonyl (C=O) groups excluding carboxylic acids is 1. The lowest BCUT2D eigenvalue weighted by Gasteiger charge is -2.47. The Balaban J connectivity index is 1.63. The minimum Gasteiger partial charge on any atom is -0.393 e. The lowest BCUT2D eigenvalue weighted by Crippen LogP contribution is -2.53. The van der Waals surface area contributed by atoms with Gasteiger partial charge < -0.3 is 14.7 Å². The molecule has 1 aromatic rings. The number of hydrogen-bond donors (Lipinski definition) is 1. The lowest BCUT2D eigenvalue weighted by atomic mass is 9.81. The first-order valence-electron chi connectivity index (χ1n) is 8.91. The van der Waals surface area contributed by atoms with Gasteiger partial charge in [-0.2, -0.15) is 13.2 Å². The molecule has 8 heteroatoms. The summed E-state index contributed by atoms with van der Waals surface area (Å²) in [6, 6.07) is 1.99. The summed E-state index contributed by atoms with van der Waals surface area (Å²) in [6.07, 6.45) is -0.655. The number of piperidine rings is 1. The van der Waals surface area contributed by atoms with E-state index in [9.17, 15) is 23.1 Å². The van der Waals surface area contributed by atoms with Gasteiger partial charge in [0.05, 0.1) is 23.4 Å². The van der Waals surface area contributed by atoms with Crippen molar-refractivity contribution in [2.75, 3.05) is 13.1 Å². The first-order valence-corrected chi connectivity index (χ1v) is 8.91. The van der Waals surface area contributed by atoms with Gasteiger partial charge in [-0.25, -0.2) is 0 Å². The van der Waals surface area contributed by atoms with Crippen LogP contribution in [0.3, 0.4) is 0 Å². The summed E-state index contributed by atoms with van der Waals surface area (Å²) in [4.78, 5) is 17.5. The highest BCUT2D eigenvalue weighted by molar-refractivity contribution is 5.94. The Morgan fingerprint density at radius 3 is 2.62 bits per heavy atom. The topological polar surface area (TPSA) is 62.7 Å². The molecule has 1 N–H and O–H groups in total. The average molecular weight is 372 g/mol. The van der Waals surface area contributed by atoms with Crippen molar-refractivity contribution >= 4 is 5.91 Å². The third kappa shape index (κ3) is 4.01. The summed E-state index contributed by atoms with van der Waals surface area (Å²) in [5, 5.41) is 10.1. The minimum absolute atomic E-state index is 0.0279. The second-order valence-corrected chi connectivity index (χ2v) is 7.15. The molecular formula is C18H23F3N2O3. The van der Waals surface area contributed by atoms with E-state index in [2.05, 4.69) is 4.98 Å². The van der Waals surface area contributed by atoms with Crippen molar-refractivity contribution in [2.24, 2.45) is 0 Å². The molecule has 3 heterocycles. The van der Waals surface area contributed by atoms with Crippen LogP contribution in [0.4, 0.5) is 13.2 Å². The number of hydrogen-bond acceptors (Lipinski definition) is 4. The van der Waals surface area contributed by atoms with Crippen LogP contribution in [0.1, 0.15) is 55.1 Å². The first kappa shape index (κ1) is 19.1. The summed E-state index contributed by atoms with van der Waals surface area (Å²) in [6.45, 7) is 2.92. The van der Waals surface area contributed by atoms with Crippen molar-refractivity contribution < 1.29 is 27.8 Å². The summed E-state index contributed by atoms with van der Waals surface area (Å²) in [5.74, 6) is -0.329. The van der Waals surface area contributed by atoms with Crippen molar-refractivity contribution in [2.45, 2.75) is 63.0 Å². The average Bonchev–Trinajstić information content (AvgIpc) is 2.60. The van der Waals surface area contributed by atoms with Gasteiger partial charge in [0.2, 0.25) is 0 Å². The number of aliphatic hydroxyl groups excluding tert-OH is 1.